The van der Waals surface area contributed by atoms with Crippen LogP contribution in [-0.2, 0) is 21.1 Å². The third-order valence-corrected chi connectivity index (χ3v) is 6.67. The van der Waals surface area contributed by atoms with Gasteiger partial charge in [0.25, 0.3) is 0 Å². The highest BCUT2D eigenvalue weighted by Crippen LogP contribution is 2.24. The third kappa shape index (κ3) is 6.04. The van der Waals surface area contributed by atoms with Crippen molar-refractivity contribution in [2.24, 2.45) is 5.92 Å². The number of anilines is 2. The molecule has 0 spiro atoms. The quantitative estimate of drug-likeness (QED) is 0.733. The van der Waals surface area contributed by atoms with Crippen LogP contribution in [0.1, 0.15) is 37.8 Å². The molecule has 146 valence electrons. The first-order chi connectivity index (χ1) is 12.9. The first-order valence-electron chi connectivity index (χ1n) is 9.18. The van der Waals surface area contributed by atoms with Crippen LogP contribution >= 0.6 is 11.3 Å². The normalized spacial score (nSPS) is 15.4. The summed E-state index contributed by atoms with van der Waals surface area (Å²) in [4.78, 5) is 16.9. The fourth-order valence-corrected chi connectivity index (χ4v) is 4.59. The molecule has 1 aromatic heterocycles. The van der Waals surface area contributed by atoms with E-state index >= 15 is 0 Å². The van der Waals surface area contributed by atoms with Crippen molar-refractivity contribution >= 4 is 37.9 Å². The molecule has 6 nitrogen and oxygen atoms in total. The highest BCUT2D eigenvalue weighted by atomic mass is 32.2. The van der Waals surface area contributed by atoms with E-state index in [1.54, 1.807) is 24.3 Å². The van der Waals surface area contributed by atoms with E-state index in [1.165, 1.54) is 49.7 Å². The van der Waals surface area contributed by atoms with Gasteiger partial charge in [-0.25, -0.2) is 13.4 Å². The maximum absolute atomic E-state index is 12.1. The molecule has 8 heteroatoms. The second-order valence-electron chi connectivity index (χ2n) is 7.05. The molecule has 0 radical (unpaired) electrons. The fourth-order valence-electron chi connectivity index (χ4n) is 3.23. The monoisotopic (exact) mass is 407 g/mol. The van der Waals surface area contributed by atoms with Crippen LogP contribution < -0.4 is 10.6 Å². The molecule has 2 N–H and O–H groups in total. The second-order valence-corrected chi connectivity index (χ2v) is 9.92. The number of carbonyl (C=O) groups is 1. The number of nitrogens with one attached hydrogen (secondary N) is 2. The number of carbonyl (C=O) groups excluding carboxylic acids is 1. The standard InChI is InChI=1S/C19H25N3O3S2/c1-27(24,25)17-9-7-15(8-10-17)21-19-22-16(13-26-19)11-18(23)20-12-14-5-3-2-4-6-14/h7-10,13-14H,2-6,11-12H2,1H3,(H,20,23)(H,21,22). The average molecular weight is 408 g/mol. The molecule has 2 aromatic rings. The minimum absolute atomic E-state index is 0.00919. The first-order valence-corrected chi connectivity index (χ1v) is 12.0. The van der Waals surface area contributed by atoms with Crippen molar-refractivity contribution in [1.29, 1.82) is 0 Å². The Hall–Kier alpha value is -1.93. The Bertz CT molecular complexity index is 870. The van der Waals surface area contributed by atoms with Crippen molar-refractivity contribution in [2.45, 2.75) is 43.4 Å². The largest absolute Gasteiger partial charge is 0.355 e. The molecule has 3 rings (SSSR count). The Morgan fingerprint density at radius 2 is 1.89 bits per heavy atom. The predicted molar refractivity (Wildman–Crippen MR) is 108 cm³/mol. The highest BCUT2D eigenvalue weighted by Gasteiger charge is 2.15. The summed E-state index contributed by atoms with van der Waals surface area (Å²) in [5.41, 5.74) is 1.49. The molecule has 1 heterocycles. The van der Waals surface area contributed by atoms with Gasteiger partial charge in [0.05, 0.1) is 17.0 Å². The molecular formula is C19H25N3O3S2. The minimum Gasteiger partial charge on any atom is -0.355 e. The van der Waals surface area contributed by atoms with Crippen LogP contribution in [0.25, 0.3) is 0 Å². The highest BCUT2D eigenvalue weighted by molar-refractivity contribution is 7.90. The van der Waals surface area contributed by atoms with E-state index in [1.807, 2.05) is 5.38 Å². The molecule has 0 aliphatic heterocycles. The van der Waals surface area contributed by atoms with E-state index in [4.69, 9.17) is 0 Å². The molecule has 1 aliphatic carbocycles. The summed E-state index contributed by atoms with van der Waals surface area (Å²) in [6.07, 6.45) is 7.74. The van der Waals surface area contributed by atoms with Gasteiger partial charge < -0.3 is 10.6 Å². The van der Waals surface area contributed by atoms with E-state index < -0.39 is 9.84 Å². The van der Waals surface area contributed by atoms with Gasteiger partial charge in [-0.05, 0) is 43.0 Å². The van der Waals surface area contributed by atoms with Crippen molar-refractivity contribution < 1.29 is 13.2 Å². The summed E-state index contributed by atoms with van der Waals surface area (Å²) in [5, 5.41) is 8.72. The van der Waals surface area contributed by atoms with Crippen molar-refractivity contribution in [3.05, 3.63) is 35.3 Å². The first kappa shape index (κ1) is 19.8. The molecular weight excluding hydrogens is 382 g/mol. The van der Waals surface area contributed by atoms with Crippen molar-refractivity contribution in [3.63, 3.8) is 0 Å². The topological polar surface area (TPSA) is 88.2 Å². The van der Waals surface area contributed by atoms with Gasteiger partial charge >= 0.3 is 0 Å². The van der Waals surface area contributed by atoms with Gasteiger partial charge in [-0.15, -0.1) is 11.3 Å². The summed E-state index contributed by atoms with van der Waals surface area (Å²) < 4.78 is 23.0. The van der Waals surface area contributed by atoms with Gasteiger partial charge in [-0.3, -0.25) is 4.79 Å². The Morgan fingerprint density at radius 1 is 1.19 bits per heavy atom. The number of hydrogen-bond donors (Lipinski definition) is 2. The van der Waals surface area contributed by atoms with E-state index in [2.05, 4.69) is 15.6 Å². The van der Waals surface area contributed by atoms with Crippen molar-refractivity contribution in [3.8, 4) is 0 Å². The Labute approximate surface area is 164 Å². The van der Waals surface area contributed by atoms with Gasteiger partial charge in [0.15, 0.2) is 15.0 Å². The molecule has 0 saturated heterocycles. The maximum atomic E-state index is 12.1. The van der Waals surface area contributed by atoms with E-state index in [9.17, 15) is 13.2 Å². The van der Waals surface area contributed by atoms with E-state index in [0.29, 0.717) is 11.0 Å². The fraction of sp³-hybridized carbons (Fsp3) is 0.474. The third-order valence-electron chi connectivity index (χ3n) is 4.74. The number of thiazole rings is 1. The SMILES string of the molecule is CS(=O)(=O)c1ccc(Nc2nc(CC(=O)NCC3CCCCC3)cs2)cc1. The molecule has 0 bridgehead atoms. The molecule has 27 heavy (non-hydrogen) atoms. The van der Waals surface area contributed by atoms with Crippen molar-refractivity contribution in [2.75, 3.05) is 18.1 Å². The Kier molecular flexibility index (Phi) is 6.49. The number of benzene rings is 1. The van der Waals surface area contributed by atoms with Crippen LogP contribution in [-0.4, -0.2) is 32.1 Å². The summed E-state index contributed by atoms with van der Waals surface area (Å²) in [6, 6.07) is 6.53. The van der Waals surface area contributed by atoms with Crippen LogP contribution in [0.3, 0.4) is 0 Å². The van der Waals surface area contributed by atoms with E-state index in [-0.39, 0.29) is 17.2 Å². The smallest absolute Gasteiger partial charge is 0.226 e. The van der Waals surface area contributed by atoms with Gasteiger partial charge in [-0.1, -0.05) is 19.3 Å². The minimum atomic E-state index is -3.20. The van der Waals surface area contributed by atoms with E-state index in [0.717, 1.165) is 17.9 Å². The molecule has 1 aromatic carbocycles. The molecule has 0 unspecified atom stereocenters. The van der Waals surface area contributed by atoms with Crippen LogP contribution in [0, 0.1) is 5.92 Å². The van der Waals surface area contributed by atoms with Gasteiger partial charge in [-0.2, -0.15) is 0 Å². The summed E-state index contributed by atoms with van der Waals surface area (Å²) in [5.74, 6) is 0.625. The van der Waals surface area contributed by atoms with Crippen molar-refractivity contribution in [1.82, 2.24) is 10.3 Å². The number of aromatic nitrogens is 1. The zero-order chi connectivity index (χ0) is 19.3. The van der Waals surface area contributed by atoms with Gasteiger partial charge in [0, 0.05) is 23.9 Å². The predicted octanol–water partition coefficient (Wildman–Crippen LogP) is 3.53. The van der Waals surface area contributed by atoms with Crippen LogP contribution in [0.5, 0.6) is 0 Å². The zero-order valence-corrected chi connectivity index (χ0v) is 17.0. The molecule has 1 amide bonds. The summed E-state index contributed by atoms with van der Waals surface area (Å²) in [6.45, 7) is 0.765. The lowest BCUT2D eigenvalue weighted by atomic mass is 9.89. The van der Waals surface area contributed by atoms with Gasteiger partial charge in [0.1, 0.15) is 0 Å². The lowest BCUT2D eigenvalue weighted by molar-refractivity contribution is -0.120. The number of nitrogens with zero attached hydrogens (tertiary/aromatic N) is 1. The second kappa shape index (κ2) is 8.84. The average Bonchev–Trinajstić information content (AvgIpc) is 3.07. The molecule has 1 fully saturated rings. The molecule has 0 atom stereocenters. The lowest BCUT2D eigenvalue weighted by Crippen LogP contribution is -2.31. The number of rotatable bonds is 7. The number of amides is 1. The Morgan fingerprint density at radius 3 is 2.56 bits per heavy atom. The lowest BCUT2D eigenvalue weighted by Gasteiger charge is -2.21. The van der Waals surface area contributed by atoms with Crippen LogP contribution in [0.15, 0.2) is 34.5 Å². The Balaban J connectivity index is 1.49. The van der Waals surface area contributed by atoms with Crippen LogP contribution in [0.4, 0.5) is 10.8 Å². The number of hydrogen-bond acceptors (Lipinski definition) is 6. The molecule has 1 aliphatic rings. The van der Waals surface area contributed by atoms with Crippen LogP contribution in [0.2, 0.25) is 0 Å². The summed E-state index contributed by atoms with van der Waals surface area (Å²) >= 11 is 1.42. The molecule has 1 saturated carbocycles. The zero-order valence-electron chi connectivity index (χ0n) is 15.4. The van der Waals surface area contributed by atoms with Gasteiger partial charge in [0.2, 0.25) is 5.91 Å². The summed E-state index contributed by atoms with van der Waals surface area (Å²) in [7, 11) is -3.20. The number of sulfone groups is 1. The maximum Gasteiger partial charge on any atom is 0.226 e.